The summed E-state index contributed by atoms with van der Waals surface area (Å²) in [6, 6.07) is 31.8. The van der Waals surface area contributed by atoms with E-state index in [9.17, 15) is 91.3 Å². The highest BCUT2D eigenvalue weighted by Gasteiger charge is 2.44. The van der Waals surface area contributed by atoms with Crippen LogP contribution >= 0.6 is 0 Å². The third-order valence-electron chi connectivity index (χ3n) is 14.9. The van der Waals surface area contributed by atoms with Gasteiger partial charge in [-0.25, -0.2) is 0 Å². The summed E-state index contributed by atoms with van der Waals surface area (Å²) in [5.74, 6) is -6.48. The van der Waals surface area contributed by atoms with E-state index in [1.165, 1.54) is 72.8 Å². The minimum Gasteiger partial charge on any atom is -0.502 e. The molecular formula is C62H38N12O18. The van der Waals surface area contributed by atoms with Crippen LogP contribution in [-0.2, 0) is 0 Å². The van der Waals surface area contributed by atoms with Crippen LogP contribution in [0.2, 0.25) is 0 Å². The van der Waals surface area contributed by atoms with E-state index < -0.39 is 110 Å². The first-order valence-corrected chi connectivity index (χ1v) is 26.7. The lowest BCUT2D eigenvalue weighted by Gasteiger charge is -2.43. The van der Waals surface area contributed by atoms with Gasteiger partial charge in [-0.15, -0.1) is 0 Å². The lowest BCUT2D eigenvalue weighted by atomic mass is 9.60. The first-order chi connectivity index (χ1) is 44.1. The molecule has 0 aliphatic heterocycles. The van der Waals surface area contributed by atoms with Crippen LogP contribution in [0.1, 0.15) is 78.6 Å². The number of phenols is 6. The van der Waals surface area contributed by atoms with Gasteiger partial charge in [0.25, 0.3) is 0 Å². The quantitative estimate of drug-likeness (QED) is 0.0264. The minimum absolute atomic E-state index is 0.00113. The molecule has 0 radical (unpaired) electrons. The molecular weight excluding hydrogens is 1200 g/mol. The number of aromatic hydroxyl groups is 6. The number of phenolic OH excluding ortho intramolecular Hbond substituents is 6. The number of rotatable bonds is 18. The highest BCUT2D eigenvalue weighted by Crippen LogP contribution is 2.61. The van der Waals surface area contributed by atoms with E-state index in [0.29, 0.717) is 33.4 Å². The molecule has 9 aromatic rings. The second-order valence-corrected chi connectivity index (χ2v) is 20.2. The van der Waals surface area contributed by atoms with Crippen LogP contribution in [0.3, 0.4) is 0 Å². The van der Waals surface area contributed by atoms with Crippen molar-refractivity contribution in [2.75, 3.05) is 0 Å². The molecule has 454 valence electrons. The van der Waals surface area contributed by atoms with E-state index in [1.54, 1.807) is 36.4 Å². The third kappa shape index (κ3) is 11.2. The first kappa shape index (κ1) is 59.9. The molecule has 0 spiro atoms. The Morgan fingerprint density at radius 1 is 0.261 bits per heavy atom. The highest BCUT2D eigenvalue weighted by atomic mass is 16.6. The largest absolute Gasteiger partial charge is 0.502 e. The van der Waals surface area contributed by atoms with Crippen LogP contribution in [0, 0.1) is 60.7 Å². The number of nitro groups is 6. The van der Waals surface area contributed by atoms with Crippen LogP contribution in [0.15, 0.2) is 176 Å². The molecule has 0 fully saturated rings. The molecule has 0 atom stereocenters. The van der Waals surface area contributed by atoms with Crippen LogP contribution in [0.5, 0.6) is 34.5 Å². The van der Waals surface area contributed by atoms with Crippen LogP contribution in [0.4, 0.5) is 68.2 Å². The second kappa shape index (κ2) is 24.2. The molecule has 92 heavy (non-hydrogen) atoms. The van der Waals surface area contributed by atoms with Gasteiger partial charge in [-0.1, -0.05) is 36.4 Å². The number of nitro benzene ring substituents is 6. The van der Waals surface area contributed by atoms with Crippen molar-refractivity contribution >= 4 is 106 Å². The first-order valence-electron chi connectivity index (χ1n) is 26.7. The zero-order valence-corrected chi connectivity index (χ0v) is 46.4. The number of benzene rings is 9. The fourth-order valence-corrected chi connectivity index (χ4v) is 10.6. The summed E-state index contributed by atoms with van der Waals surface area (Å²) >= 11 is 0. The fourth-order valence-electron chi connectivity index (χ4n) is 10.6. The summed E-state index contributed by atoms with van der Waals surface area (Å²) in [4.78, 5) is 94.7. The zero-order valence-electron chi connectivity index (χ0n) is 46.4. The van der Waals surface area contributed by atoms with E-state index in [0.717, 1.165) is 73.7 Å². The number of hydrogen-bond acceptors (Lipinski definition) is 24. The Morgan fingerprint density at radius 2 is 0.402 bits per heavy atom. The fraction of sp³-hybridized carbons (Fsp3) is 0.0323. The van der Waals surface area contributed by atoms with Gasteiger partial charge in [0.2, 0.25) is 34.5 Å². The molecule has 0 aromatic heterocycles. The Bertz CT molecular complexity index is 4130. The van der Waals surface area contributed by atoms with Crippen molar-refractivity contribution < 1.29 is 60.2 Å². The Labute approximate surface area is 513 Å². The second-order valence-electron chi connectivity index (χ2n) is 20.2. The highest BCUT2D eigenvalue weighted by molar-refractivity contribution is 5.96. The maximum atomic E-state index is 11.9. The summed E-state index contributed by atoms with van der Waals surface area (Å²) in [6.07, 6.45) is 6.73. The molecule has 0 amide bonds. The van der Waals surface area contributed by atoms with Gasteiger partial charge in [-0.3, -0.25) is 90.6 Å². The van der Waals surface area contributed by atoms with Gasteiger partial charge in [0.05, 0.1) is 63.7 Å². The summed E-state index contributed by atoms with van der Waals surface area (Å²) in [6.45, 7) is 0. The Kier molecular flexibility index (Phi) is 15.7. The summed E-state index contributed by atoms with van der Waals surface area (Å²) in [5.41, 5.74) is -1.90. The van der Waals surface area contributed by atoms with Gasteiger partial charge in [-0.2, -0.15) is 0 Å². The average Bonchev–Trinajstić information content (AvgIpc) is 0.694. The maximum absolute atomic E-state index is 11.9. The number of para-hydroxylation sites is 6. The van der Waals surface area contributed by atoms with Crippen LogP contribution in [-0.4, -0.2) is 97.5 Å². The van der Waals surface area contributed by atoms with Crippen molar-refractivity contribution in [1.82, 2.24) is 0 Å². The van der Waals surface area contributed by atoms with E-state index in [2.05, 4.69) is 30.0 Å². The van der Waals surface area contributed by atoms with E-state index >= 15 is 0 Å². The van der Waals surface area contributed by atoms with Crippen molar-refractivity contribution in [2.45, 2.75) is 11.8 Å². The molecule has 0 saturated heterocycles. The normalized spacial score (nSPS) is 14.0. The van der Waals surface area contributed by atoms with Crippen molar-refractivity contribution in [3.05, 3.63) is 273 Å². The summed E-state index contributed by atoms with van der Waals surface area (Å²) < 4.78 is 0. The molecule has 30 heteroatoms. The van der Waals surface area contributed by atoms with Crippen molar-refractivity contribution in [1.29, 1.82) is 0 Å². The van der Waals surface area contributed by atoms with Gasteiger partial charge in [-0.05, 0) is 106 Å². The van der Waals surface area contributed by atoms with E-state index in [4.69, 9.17) is 0 Å². The molecule has 12 rings (SSSR count). The van der Waals surface area contributed by atoms with Crippen LogP contribution < -0.4 is 0 Å². The Morgan fingerprint density at radius 3 is 0.533 bits per heavy atom. The van der Waals surface area contributed by atoms with E-state index in [1.807, 2.05) is 0 Å². The molecule has 30 nitrogen and oxygen atoms in total. The van der Waals surface area contributed by atoms with Crippen molar-refractivity contribution in [3.8, 4) is 34.5 Å². The number of nitrogens with zero attached hydrogens (tertiary/aromatic N) is 12. The van der Waals surface area contributed by atoms with Gasteiger partial charge in [0, 0.05) is 119 Å². The predicted octanol–water partition coefficient (Wildman–Crippen LogP) is 12.9. The minimum atomic E-state index is -1.00. The smallest absolute Gasteiger partial charge is 0.311 e. The molecule has 6 N–H and O–H groups in total. The third-order valence-corrected chi connectivity index (χ3v) is 14.9. The standard InChI is InChI=1S/C62H38N12O18/c75-57-31(7-1-13-49(57)69(81)82)25-63-43-19-37-38(20-44(43)64-26-32-8-2-14-50(58(32)76)70(83)84)56-41-23-47(67-29-35-11-5-17-53(61(35)79)73(89)90)45(65-27-33-9-3-15-51(59(33)77)71(85)86)21-39(41)55(37)40-22-46(66-28-34-10-4-16-52(60(34)78)72(87)88)48(24-42(40)56)68-30-36-12-6-18-54(62(36)80)74(91)92/h1-30,55-56,75-80H. The Balaban J connectivity index is 1.21. The molecule has 0 unspecified atom stereocenters. The van der Waals surface area contributed by atoms with E-state index in [-0.39, 0.29) is 67.5 Å². The SMILES string of the molecule is O=[N+]([O-])c1cccc(C=Nc2cc3c(cc2N=Cc2cccc([N+](=O)[O-])c2O)C2c4cc(N=Cc5cccc([N+](=O)[O-])c5O)c(N=Cc5cccc([N+](=O)[O-])c5O)cc4C3c3cc(N=Cc4cccc([N+](=O)[O-])c4O)c(N=Cc4cccc([N+](=O)[O-])c4O)cc32)c1O. The molecule has 0 heterocycles. The summed E-state index contributed by atoms with van der Waals surface area (Å²) in [7, 11) is 0. The lowest BCUT2D eigenvalue weighted by molar-refractivity contribution is -0.386. The molecule has 9 aromatic carbocycles. The van der Waals surface area contributed by atoms with Gasteiger partial charge in [0.15, 0.2) is 0 Å². The topological polar surface area (TPSA) is 454 Å². The van der Waals surface area contributed by atoms with Crippen molar-refractivity contribution in [2.24, 2.45) is 30.0 Å². The van der Waals surface area contributed by atoms with Gasteiger partial charge >= 0.3 is 34.1 Å². The van der Waals surface area contributed by atoms with Crippen molar-refractivity contribution in [3.63, 3.8) is 0 Å². The zero-order chi connectivity index (χ0) is 65.4. The van der Waals surface area contributed by atoms with Gasteiger partial charge in [0.1, 0.15) is 0 Å². The summed E-state index contributed by atoms with van der Waals surface area (Å²) in [5, 5.41) is 138. The predicted molar refractivity (Wildman–Crippen MR) is 333 cm³/mol. The molecule has 3 aliphatic carbocycles. The average molecular weight is 1240 g/mol. The Hall–Kier alpha value is -13.8. The van der Waals surface area contributed by atoms with Gasteiger partial charge < -0.3 is 30.6 Å². The molecule has 2 bridgehead atoms. The number of aliphatic imine (C=N–C) groups is 6. The monoisotopic (exact) mass is 1240 g/mol. The maximum Gasteiger partial charge on any atom is 0.311 e. The lowest BCUT2D eigenvalue weighted by Crippen LogP contribution is -2.27. The molecule has 0 saturated carbocycles. The molecule has 3 aliphatic rings. The van der Waals surface area contributed by atoms with Crippen LogP contribution in [0.25, 0.3) is 0 Å². The number of hydrogen-bond donors (Lipinski definition) is 6.